The summed E-state index contributed by atoms with van der Waals surface area (Å²) in [5, 5.41) is 2.21. The molecule has 0 unspecified atom stereocenters. The second-order valence-electron chi connectivity index (χ2n) is 10.6. The Hall–Kier alpha value is -4.99. The SMILES string of the molecule is [2H]C([2H])([2H])n1[cH+]n(-c2[c-]c(N(c3[c-]c4c(cc3)c3ccccc3n4-c3cc(C)ccn3)c3ccccc3)ccc2)c2ccccc21.[Pt]. The maximum Gasteiger partial charge on any atom is 0.188 e. The molecule has 5 aromatic carbocycles. The van der Waals surface area contributed by atoms with Gasteiger partial charge in [-0.3, -0.25) is 0 Å². The molecule has 0 atom stereocenters. The van der Waals surface area contributed by atoms with E-state index in [2.05, 4.69) is 77.1 Å². The molecule has 0 saturated heterocycles. The molecule has 3 aromatic heterocycles. The van der Waals surface area contributed by atoms with Crippen molar-refractivity contribution in [3.05, 3.63) is 152 Å². The molecule has 5 nitrogen and oxygen atoms in total. The smallest absolute Gasteiger partial charge is 0.188 e. The number of benzene rings is 5. The van der Waals surface area contributed by atoms with Gasteiger partial charge in [0.2, 0.25) is 0 Å². The van der Waals surface area contributed by atoms with Crippen molar-refractivity contribution in [3.8, 4) is 11.5 Å². The van der Waals surface area contributed by atoms with E-state index in [1.807, 2.05) is 83.6 Å². The van der Waals surface area contributed by atoms with E-state index in [-0.39, 0.29) is 21.1 Å². The summed E-state index contributed by atoms with van der Waals surface area (Å²) in [5.74, 6) is 0.835. The first-order chi connectivity index (χ1) is 22.4. The molecule has 44 heavy (non-hydrogen) atoms. The summed E-state index contributed by atoms with van der Waals surface area (Å²) < 4.78 is 29.7. The molecular formula is C38H28N5Pt-. The second-order valence-corrected chi connectivity index (χ2v) is 10.6. The van der Waals surface area contributed by atoms with E-state index >= 15 is 0 Å². The van der Waals surface area contributed by atoms with Gasteiger partial charge in [0.15, 0.2) is 17.4 Å². The third-order valence-electron chi connectivity index (χ3n) is 7.85. The molecule has 3 heterocycles. The van der Waals surface area contributed by atoms with Crippen molar-refractivity contribution in [2.24, 2.45) is 6.98 Å². The number of nitrogens with zero attached hydrogens (tertiary/aromatic N) is 5. The number of imidazole rings is 1. The molecule has 0 N–H and O–H groups in total. The number of pyridine rings is 1. The predicted molar refractivity (Wildman–Crippen MR) is 176 cm³/mol. The third kappa shape index (κ3) is 4.61. The van der Waals surface area contributed by atoms with Crippen LogP contribution in [0.1, 0.15) is 9.68 Å². The van der Waals surface area contributed by atoms with Gasteiger partial charge >= 0.3 is 0 Å². The summed E-state index contributed by atoms with van der Waals surface area (Å²) >= 11 is 0. The summed E-state index contributed by atoms with van der Waals surface area (Å²) in [6.45, 7) is -0.255. The van der Waals surface area contributed by atoms with Crippen LogP contribution in [0, 0.1) is 19.1 Å². The van der Waals surface area contributed by atoms with Crippen molar-refractivity contribution in [1.29, 1.82) is 0 Å². The predicted octanol–water partition coefficient (Wildman–Crippen LogP) is 9.12. The Morgan fingerprint density at radius 3 is 2.30 bits per heavy atom. The Morgan fingerprint density at radius 2 is 1.48 bits per heavy atom. The Balaban J connectivity index is 0.00000351. The van der Waals surface area contributed by atoms with E-state index in [0.717, 1.165) is 61.5 Å². The molecule has 216 valence electrons. The molecule has 0 fully saturated rings. The second kappa shape index (κ2) is 11.3. The first-order valence-electron chi connectivity index (χ1n) is 15.7. The van der Waals surface area contributed by atoms with Gasteiger partial charge in [0, 0.05) is 67.4 Å². The Bertz CT molecular complexity index is 2400. The molecule has 6 heteroatoms. The van der Waals surface area contributed by atoms with Crippen LogP contribution in [0.3, 0.4) is 0 Å². The zero-order chi connectivity index (χ0) is 31.4. The number of anilines is 3. The Labute approximate surface area is 274 Å². The third-order valence-corrected chi connectivity index (χ3v) is 7.85. The van der Waals surface area contributed by atoms with Crippen LogP contribution in [0.2, 0.25) is 0 Å². The van der Waals surface area contributed by atoms with Gasteiger partial charge in [0.1, 0.15) is 5.82 Å². The van der Waals surface area contributed by atoms with E-state index in [1.54, 1.807) is 6.33 Å². The van der Waals surface area contributed by atoms with Gasteiger partial charge < -0.3 is 9.47 Å². The van der Waals surface area contributed by atoms with E-state index in [4.69, 9.17) is 9.10 Å². The van der Waals surface area contributed by atoms with Crippen molar-refractivity contribution in [1.82, 2.24) is 18.7 Å². The fourth-order valence-corrected chi connectivity index (χ4v) is 5.90. The van der Waals surface area contributed by atoms with Gasteiger partial charge in [-0.2, -0.15) is 12.1 Å². The van der Waals surface area contributed by atoms with E-state index in [9.17, 15) is 0 Å². The van der Waals surface area contributed by atoms with Crippen LogP contribution in [-0.2, 0) is 28.0 Å². The number of fused-ring (bicyclic) bond motifs is 4. The van der Waals surface area contributed by atoms with E-state index in [0.29, 0.717) is 5.52 Å². The Kier molecular flexibility index (Phi) is 6.25. The largest absolute Gasteiger partial charge is 0.358 e. The summed E-state index contributed by atoms with van der Waals surface area (Å²) in [5.41, 5.74) is 7.79. The van der Waals surface area contributed by atoms with Gasteiger partial charge in [-0.1, -0.05) is 59.4 Å². The van der Waals surface area contributed by atoms with Crippen LogP contribution < -0.4 is 4.90 Å². The molecule has 0 bridgehead atoms. The van der Waals surface area contributed by atoms with Crippen LogP contribution in [0.15, 0.2) is 134 Å². The first-order valence-corrected chi connectivity index (χ1v) is 14.2. The fourth-order valence-electron chi connectivity index (χ4n) is 5.90. The number of rotatable bonds is 5. The van der Waals surface area contributed by atoms with Crippen molar-refractivity contribution in [2.75, 3.05) is 4.90 Å². The van der Waals surface area contributed by atoms with Crippen molar-refractivity contribution < 1.29 is 25.2 Å². The fraction of sp³-hybridized carbons (Fsp3) is 0.0526. The molecule has 0 aliphatic heterocycles. The molecule has 0 aliphatic rings. The van der Waals surface area contributed by atoms with Gasteiger partial charge in [0.05, 0.1) is 0 Å². The summed E-state index contributed by atoms with van der Waals surface area (Å²) in [6.07, 6.45) is 3.47. The molecule has 0 amide bonds. The number of aryl methyl sites for hydroxylation is 2. The Morgan fingerprint density at radius 1 is 0.727 bits per heavy atom. The van der Waals surface area contributed by atoms with Crippen LogP contribution in [0.5, 0.6) is 0 Å². The van der Waals surface area contributed by atoms with E-state index in [1.165, 1.54) is 4.57 Å². The normalized spacial score (nSPS) is 12.5. The number of hydrogen-bond donors (Lipinski definition) is 0. The average Bonchev–Trinajstić information content (AvgIpc) is 3.62. The standard InChI is InChI=1S/C38H28N5.Pt/c1-27-21-22-39-38(23-27)43-34-16-7-6-15-32(34)33-20-19-31(25-37(33)43)42(28-11-4-3-5-12-28)30-14-10-13-29(24-30)41-26-40(2)35-17-8-9-18-36(35)41;/h3-23,26H,1-2H3;/q-1;/i2D3;. The number of para-hydroxylation sites is 4. The zero-order valence-corrected chi connectivity index (χ0v) is 26.0. The summed E-state index contributed by atoms with van der Waals surface area (Å²) in [4.78, 5) is 6.86. The minimum atomic E-state index is -2.33. The number of hydrogen-bond acceptors (Lipinski definition) is 2. The molecule has 0 aliphatic carbocycles. The van der Waals surface area contributed by atoms with Crippen molar-refractivity contribution in [3.63, 3.8) is 0 Å². The first kappa shape index (κ1) is 24.5. The molecule has 0 saturated carbocycles. The van der Waals surface area contributed by atoms with Gasteiger partial charge in [-0.15, -0.1) is 29.7 Å². The quantitative estimate of drug-likeness (QED) is 0.164. The maximum absolute atomic E-state index is 8.12. The van der Waals surface area contributed by atoms with Gasteiger partial charge in [0.25, 0.3) is 0 Å². The molecule has 8 rings (SSSR count). The monoisotopic (exact) mass is 752 g/mol. The molecule has 0 radical (unpaired) electrons. The average molecular weight is 753 g/mol. The summed E-state index contributed by atoms with van der Waals surface area (Å²) in [7, 11) is 0. The van der Waals surface area contributed by atoms with Gasteiger partial charge in [-0.05, 0) is 60.3 Å². The minimum absolute atomic E-state index is 0. The topological polar surface area (TPSA) is 30.9 Å². The van der Waals surface area contributed by atoms with Crippen molar-refractivity contribution >= 4 is 49.9 Å². The number of aromatic nitrogens is 4. The van der Waals surface area contributed by atoms with Crippen LogP contribution >= 0.6 is 0 Å². The summed E-state index contributed by atoms with van der Waals surface area (Å²) in [6, 6.07) is 47.6. The van der Waals surface area contributed by atoms with Crippen LogP contribution in [0.25, 0.3) is 44.3 Å². The zero-order valence-electron chi connectivity index (χ0n) is 26.8. The molecule has 8 aromatic rings. The minimum Gasteiger partial charge on any atom is -0.358 e. The van der Waals surface area contributed by atoms with Gasteiger partial charge in [-0.25, -0.2) is 14.1 Å². The van der Waals surface area contributed by atoms with Crippen molar-refractivity contribution in [2.45, 2.75) is 6.92 Å². The molecule has 0 spiro atoms. The molecular weight excluding hydrogens is 722 g/mol. The van der Waals surface area contributed by atoms with Crippen LogP contribution in [0.4, 0.5) is 17.1 Å². The van der Waals surface area contributed by atoms with E-state index < -0.39 is 6.98 Å². The maximum atomic E-state index is 8.12. The van der Waals surface area contributed by atoms with Crippen LogP contribution in [-0.4, -0.2) is 18.7 Å².